The highest BCUT2D eigenvalue weighted by atomic mass is 19.4. The molecule has 0 spiro atoms. The van der Waals surface area contributed by atoms with Crippen molar-refractivity contribution < 1.29 is 17.6 Å². The van der Waals surface area contributed by atoms with Crippen molar-refractivity contribution in [3.8, 4) is 0 Å². The molecule has 0 radical (unpaired) electrons. The molecular formula is C10H14F3N3O. The maximum atomic E-state index is 12.6. The third-order valence-electron chi connectivity index (χ3n) is 2.90. The highest BCUT2D eigenvalue weighted by Gasteiger charge is 2.42. The molecule has 17 heavy (non-hydrogen) atoms. The van der Waals surface area contributed by atoms with Gasteiger partial charge in [0.1, 0.15) is 6.26 Å². The second-order valence-corrected chi connectivity index (χ2v) is 4.15. The number of anilines is 1. The van der Waals surface area contributed by atoms with Gasteiger partial charge in [0, 0.05) is 19.6 Å². The average molecular weight is 249 g/mol. The van der Waals surface area contributed by atoms with Gasteiger partial charge in [-0.15, -0.1) is 0 Å². The highest BCUT2D eigenvalue weighted by Crippen LogP contribution is 2.34. The molecule has 0 aliphatic carbocycles. The van der Waals surface area contributed by atoms with Crippen LogP contribution in [0.1, 0.15) is 18.5 Å². The van der Waals surface area contributed by atoms with Gasteiger partial charge < -0.3 is 15.1 Å². The van der Waals surface area contributed by atoms with Gasteiger partial charge in [-0.2, -0.15) is 18.2 Å². The van der Waals surface area contributed by atoms with Crippen LogP contribution in [-0.2, 0) is 6.54 Å². The van der Waals surface area contributed by atoms with Gasteiger partial charge in [0.05, 0.1) is 11.6 Å². The number of hydrogen-bond donors (Lipinski definition) is 1. The van der Waals surface area contributed by atoms with Crippen molar-refractivity contribution in [3.63, 3.8) is 0 Å². The van der Waals surface area contributed by atoms with Gasteiger partial charge >= 0.3 is 6.18 Å². The Hall–Kier alpha value is -1.24. The molecule has 96 valence electrons. The second-order valence-electron chi connectivity index (χ2n) is 4.15. The molecule has 2 rings (SSSR count). The van der Waals surface area contributed by atoms with E-state index in [9.17, 15) is 13.2 Å². The summed E-state index contributed by atoms with van der Waals surface area (Å²) in [6.45, 7) is 0.672. The van der Waals surface area contributed by atoms with E-state index in [1.54, 1.807) is 0 Å². The number of nitrogens with two attached hydrogens (primary N) is 1. The van der Waals surface area contributed by atoms with E-state index in [-0.39, 0.29) is 25.5 Å². The Kier molecular flexibility index (Phi) is 3.28. The summed E-state index contributed by atoms with van der Waals surface area (Å²) < 4.78 is 42.9. The molecule has 1 unspecified atom stereocenters. The first kappa shape index (κ1) is 12.2. The predicted octanol–water partition coefficient (Wildman–Crippen LogP) is 1.91. The van der Waals surface area contributed by atoms with Crippen molar-refractivity contribution in [2.24, 2.45) is 11.7 Å². The number of aromatic nitrogens is 1. The lowest BCUT2D eigenvalue weighted by atomic mass is 9.98. The van der Waals surface area contributed by atoms with Crippen molar-refractivity contribution in [2.75, 3.05) is 18.0 Å². The van der Waals surface area contributed by atoms with Gasteiger partial charge in [-0.3, -0.25) is 0 Å². The van der Waals surface area contributed by atoms with E-state index in [1.807, 2.05) is 0 Å². The van der Waals surface area contributed by atoms with Crippen LogP contribution in [0.25, 0.3) is 0 Å². The fraction of sp³-hybridized carbons (Fsp3) is 0.700. The van der Waals surface area contributed by atoms with Crippen LogP contribution in [0.15, 0.2) is 10.7 Å². The van der Waals surface area contributed by atoms with E-state index in [2.05, 4.69) is 4.98 Å². The average Bonchev–Trinajstić information content (AvgIpc) is 2.76. The molecule has 2 N–H and O–H groups in total. The molecule has 7 heteroatoms. The Morgan fingerprint density at radius 2 is 2.29 bits per heavy atom. The zero-order valence-electron chi connectivity index (χ0n) is 9.20. The van der Waals surface area contributed by atoms with Crippen LogP contribution in [-0.4, -0.2) is 24.2 Å². The van der Waals surface area contributed by atoms with Crippen molar-refractivity contribution >= 4 is 6.01 Å². The van der Waals surface area contributed by atoms with E-state index >= 15 is 0 Å². The molecule has 0 saturated carbocycles. The van der Waals surface area contributed by atoms with E-state index in [0.29, 0.717) is 18.7 Å². The normalized spacial score (nSPS) is 21.9. The van der Waals surface area contributed by atoms with Gasteiger partial charge in [-0.25, -0.2) is 0 Å². The predicted molar refractivity (Wildman–Crippen MR) is 55.4 cm³/mol. The van der Waals surface area contributed by atoms with Gasteiger partial charge in [0.25, 0.3) is 6.01 Å². The van der Waals surface area contributed by atoms with E-state index in [4.69, 9.17) is 10.2 Å². The molecule has 1 fully saturated rings. The molecule has 0 aromatic carbocycles. The molecule has 0 bridgehead atoms. The van der Waals surface area contributed by atoms with Crippen LogP contribution in [0, 0.1) is 5.92 Å². The van der Waals surface area contributed by atoms with Crippen LogP contribution in [0.5, 0.6) is 0 Å². The fourth-order valence-corrected chi connectivity index (χ4v) is 1.95. The van der Waals surface area contributed by atoms with Crippen molar-refractivity contribution in [1.29, 1.82) is 0 Å². The SMILES string of the molecule is NCc1coc(N2CCCC(C(F)(F)F)C2)n1. The lowest BCUT2D eigenvalue weighted by Crippen LogP contribution is -2.41. The zero-order chi connectivity index (χ0) is 12.5. The van der Waals surface area contributed by atoms with Crippen molar-refractivity contribution in [1.82, 2.24) is 4.98 Å². The van der Waals surface area contributed by atoms with Crippen LogP contribution in [0.2, 0.25) is 0 Å². The van der Waals surface area contributed by atoms with Gasteiger partial charge in [0.2, 0.25) is 0 Å². The first-order valence-electron chi connectivity index (χ1n) is 5.47. The maximum absolute atomic E-state index is 12.6. The van der Waals surface area contributed by atoms with E-state index in [1.165, 1.54) is 11.2 Å². The van der Waals surface area contributed by atoms with Crippen LogP contribution < -0.4 is 10.6 Å². The lowest BCUT2D eigenvalue weighted by molar-refractivity contribution is -0.176. The summed E-state index contributed by atoms with van der Waals surface area (Å²) >= 11 is 0. The minimum atomic E-state index is -4.15. The molecular weight excluding hydrogens is 235 g/mol. The number of piperidine rings is 1. The third kappa shape index (κ3) is 2.71. The minimum Gasteiger partial charge on any atom is -0.432 e. The lowest BCUT2D eigenvalue weighted by Gasteiger charge is -2.32. The number of oxazole rings is 1. The molecule has 0 amide bonds. The Labute approximate surface area is 96.6 Å². The third-order valence-corrected chi connectivity index (χ3v) is 2.90. The number of alkyl halides is 3. The zero-order valence-corrected chi connectivity index (χ0v) is 9.20. The smallest absolute Gasteiger partial charge is 0.393 e. The standard InChI is InChI=1S/C10H14F3N3O/c11-10(12,13)7-2-1-3-16(5-7)9-15-8(4-14)6-17-9/h6-7H,1-5,14H2. The summed E-state index contributed by atoms with van der Waals surface area (Å²) in [6.07, 6.45) is -2.11. The van der Waals surface area contributed by atoms with Crippen molar-refractivity contribution in [3.05, 3.63) is 12.0 Å². The molecule has 1 aliphatic heterocycles. The van der Waals surface area contributed by atoms with Gasteiger partial charge in [0.15, 0.2) is 0 Å². The minimum absolute atomic E-state index is 0.0893. The topological polar surface area (TPSA) is 55.3 Å². The van der Waals surface area contributed by atoms with Gasteiger partial charge in [-0.1, -0.05) is 0 Å². The summed E-state index contributed by atoms with van der Waals surface area (Å²) in [5.41, 5.74) is 5.92. The fourth-order valence-electron chi connectivity index (χ4n) is 1.95. The van der Waals surface area contributed by atoms with E-state index in [0.717, 1.165) is 0 Å². The molecule has 4 nitrogen and oxygen atoms in total. The summed E-state index contributed by atoms with van der Waals surface area (Å²) in [5, 5.41) is 0. The van der Waals surface area contributed by atoms with Crippen LogP contribution in [0.3, 0.4) is 0 Å². The van der Waals surface area contributed by atoms with Crippen molar-refractivity contribution in [2.45, 2.75) is 25.6 Å². The summed E-state index contributed by atoms with van der Waals surface area (Å²) in [4.78, 5) is 5.56. The summed E-state index contributed by atoms with van der Waals surface area (Å²) in [7, 11) is 0. The number of nitrogens with zero attached hydrogens (tertiary/aromatic N) is 2. The first-order valence-corrected chi connectivity index (χ1v) is 5.47. The highest BCUT2D eigenvalue weighted by molar-refractivity contribution is 5.28. The summed E-state index contributed by atoms with van der Waals surface area (Å²) in [6, 6.07) is 0.236. The first-order chi connectivity index (χ1) is 8.00. The number of halogens is 3. The Morgan fingerprint density at radius 3 is 2.88 bits per heavy atom. The van der Waals surface area contributed by atoms with Crippen LogP contribution >= 0.6 is 0 Å². The molecule has 1 aliphatic rings. The largest absolute Gasteiger partial charge is 0.432 e. The summed E-state index contributed by atoms with van der Waals surface area (Å²) in [5.74, 6) is -1.30. The number of hydrogen-bond acceptors (Lipinski definition) is 4. The molecule has 1 aromatic rings. The Balaban J connectivity index is 2.06. The Bertz CT molecular complexity index is 377. The number of rotatable bonds is 2. The van der Waals surface area contributed by atoms with Gasteiger partial charge in [-0.05, 0) is 12.8 Å². The second kappa shape index (κ2) is 4.56. The molecule has 1 saturated heterocycles. The molecule has 1 atom stereocenters. The molecule has 2 heterocycles. The van der Waals surface area contributed by atoms with Crippen LogP contribution in [0.4, 0.5) is 19.2 Å². The Morgan fingerprint density at radius 1 is 1.53 bits per heavy atom. The monoisotopic (exact) mass is 249 g/mol. The van der Waals surface area contributed by atoms with E-state index < -0.39 is 12.1 Å². The maximum Gasteiger partial charge on any atom is 0.393 e. The molecule has 1 aromatic heterocycles. The quantitative estimate of drug-likeness (QED) is 0.869.